The van der Waals surface area contributed by atoms with Crippen LogP contribution < -0.4 is 11.4 Å². The molecule has 1 aromatic rings. The first-order chi connectivity index (χ1) is 12.2. The highest BCUT2D eigenvalue weighted by atomic mass is 16.6. The van der Waals surface area contributed by atoms with Gasteiger partial charge in [0.1, 0.15) is 24.1 Å². The quantitative estimate of drug-likeness (QED) is 0.649. The second kappa shape index (κ2) is 7.83. The number of carbonyl (C=O) groups excluding carboxylic acids is 2. The predicted octanol–water partition coefficient (Wildman–Crippen LogP) is -0.251. The maximum absolute atomic E-state index is 12.1. The molecule has 26 heavy (non-hydrogen) atoms. The first-order valence-corrected chi connectivity index (χ1v) is 8.28. The van der Waals surface area contributed by atoms with Gasteiger partial charge in [0.2, 0.25) is 0 Å². The van der Waals surface area contributed by atoms with E-state index in [1.807, 2.05) is 0 Å². The lowest BCUT2D eigenvalue weighted by Crippen LogP contribution is -2.48. The van der Waals surface area contributed by atoms with Gasteiger partial charge in [-0.3, -0.25) is 14.2 Å². The average molecular weight is 369 g/mol. The molecule has 1 aliphatic rings. The Bertz CT molecular complexity index is 731. The van der Waals surface area contributed by atoms with Gasteiger partial charge in [0.05, 0.1) is 0 Å². The highest BCUT2D eigenvalue weighted by Gasteiger charge is 2.56. The van der Waals surface area contributed by atoms with Crippen LogP contribution in [0.4, 0.5) is 5.82 Å². The average Bonchev–Trinajstić information content (AvgIpc) is 2.83. The van der Waals surface area contributed by atoms with Crippen LogP contribution in [0.5, 0.6) is 0 Å². The minimum atomic E-state index is -1.77. The van der Waals surface area contributed by atoms with Crippen molar-refractivity contribution in [1.29, 1.82) is 0 Å². The van der Waals surface area contributed by atoms with Gasteiger partial charge in [0.15, 0.2) is 12.3 Å². The fourth-order valence-corrected chi connectivity index (χ4v) is 2.67. The number of carbonyl (C=O) groups is 2. The van der Waals surface area contributed by atoms with Crippen LogP contribution in [0.1, 0.15) is 39.8 Å². The molecule has 1 aliphatic heterocycles. The van der Waals surface area contributed by atoms with E-state index < -0.39 is 41.7 Å². The van der Waals surface area contributed by atoms with E-state index in [0.29, 0.717) is 0 Å². The Morgan fingerprint density at radius 3 is 2.62 bits per heavy atom. The Morgan fingerprint density at radius 1 is 1.38 bits per heavy atom. The molecule has 0 spiro atoms. The van der Waals surface area contributed by atoms with Crippen molar-refractivity contribution >= 4 is 17.8 Å². The number of rotatable bonds is 6. The third-order valence-corrected chi connectivity index (χ3v) is 4.07. The lowest BCUT2D eigenvalue weighted by Gasteiger charge is -2.30. The Kier molecular flexibility index (Phi) is 5.98. The van der Waals surface area contributed by atoms with E-state index in [1.54, 1.807) is 13.8 Å². The molecule has 2 heterocycles. The largest absolute Gasteiger partial charge is 0.463 e. The number of hydrogen-bond donors (Lipinski definition) is 2. The molecule has 1 fully saturated rings. The summed E-state index contributed by atoms with van der Waals surface area (Å²) in [7, 11) is 0. The number of hydrogen-bond acceptors (Lipinski definition) is 9. The van der Waals surface area contributed by atoms with E-state index in [0.717, 1.165) is 4.57 Å². The molecule has 10 nitrogen and oxygen atoms in total. The third kappa shape index (κ3) is 4.02. The van der Waals surface area contributed by atoms with Crippen molar-refractivity contribution in [3.63, 3.8) is 0 Å². The van der Waals surface area contributed by atoms with Crippen LogP contribution in [0.25, 0.3) is 0 Å². The zero-order valence-corrected chi connectivity index (χ0v) is 14.9. The van der Waals surface area contributed by atoms with E-state index >= 15 is 0 Å². The topological polar surface area (TPSA) is 143 Å². The van der Waals surface area contributed by atoms with Gasteiger partial charge in [-0.25, -0.2) is 4.79 Å². The summed E-state index contributed by atoms with van der Waals surface area (Å²) in [5.74, 6) is -1.01. The van der Waals surface area contributed by atoms with E-state index in [9.17, 15) is 19.5 Å². The van der Waals surface area contributed by atoms with Gasteiger partial charge in [-0.2, -0.15) is 4.98 Å². The standard InChI is InChI=1S/C16H23N3O7/c1-4-11(20)24-8-9-13(26-12(21)5-2)16(3,23)14(25-9)19-7-6-10(17)18-15(19)22/h6-7,9,13-14,23H,4-5,8H2,1-3H3,(H2,17,18,22)/t9-,13-,14+,16-/m1/s1. The summed E-state index contributed by atoms with van der Waals surface area (Å²) >= 11 is 0. The lowest BCUT2D eigenvalue weighted by molar-refractivity contribution is -0.165. The molecule has 0 amide bonds. The molecule has 144 valence electrons. The van der Waals surface area contributed by atoms with Crippen molar-refractivity contribution in [2.75, 3.05) is 12.3 Å². The number of nitrogen functional groups attached to an aromatic ring is 1. The summed E-state index contributed by atoms with van der Waals surface area (Å²) < 4.78 is 17.1. The monoisotopic (exact) mass is 369 g/mol. The van der Waals surface area contributed by atoms with Gasteiger partial charge >= 0.3 is 17.6 Å². The fourth-order valence-electron chi connectivity index (χ4n) is 2.67. The molecule has 0 saturated carbocycles. The maximum Gasteiger partial charge on any atom is 0.351 e. The second-order valence-corrected chi connectivity index (χ2v) is 6.10. The molecule has 0 aromatic carbocycles. The minimum Gasteiger partial charge on any atom is -0.463 e. The van der Waals surface area contributed by atoms with E-state index in [2.05, 4.69) is 4.98 Å². The molecular formula is C16H23N3O7. The molecule has 4 atom stereocenters. The highest BCUT2D eigenvalue weighted by Crippen LogP contribution is 2.39. The summed E-state index contributed by atoms with van der Waals surface area (Å²) in [6.07, 6.45) is -1.74. The first kappa shape index (κ1) is 19.9. The van der Waals surface area contributed by atoms with E-state index in [4.69, 9.17) is 19.9 Å². The van der Waals surface area contributed by atoms with Crippen molar-refractivity contribution in [1.82, 2.24) is 9.55 Å². The Balaban J connectivity index is 2.34. The molecule has 1 aromatic heterocycles. The number of anilines is 1. The Labute approximate surface area is 149 Å². The van der Waals surface area contributed by atoms with Gasteiger partial charge in [-0.05, 0) is 13.0 Å². The van der Waals surface area contributed by atoms with Crippen LogP contribution >= 0.6 is 0 Å². The summed E-state index contributed by atoms with van der Waals surface area (Å²) in [6, 6.07) is 1.37. The van der Waals surface area contributed by atoms with Gasteiger partial charge in [0.25, 0.3) is 0 Å². The number of esters is 2. The smallest absolute Gasteiger partial charge is 0.351 e. The fraction of sp³-hybridized carbons (Fsp3) is 0.625. The zero-order valence-electron chi connectivity index (χ0n) is 14.9. The van der Waals surface area contributed by atoms with E-state index in [-0.39, 0.29) is 25.3 Å². The normalized spacial score (nSPS) is 27.9. The van der Waals surface area contributed by atoms with E-state index in [1.165, 1.54) is 19.2 Å². The highest BCUT2D eigenvalue weighted by molar-refractivity contribution is 5.69. The number of nitrogens with two attached hydrogens (primary N) is 1. The molecule has 10 heteroatoms. The summed E-state index contributed by atoms with van der Waals surface area (Å²) in [4.78, 5) is 38.9. The van der Waals surface area contributed by atoms with Crippen LogP contribution in [-0.2, 0) is 23.8 Å². The number of aromatic nitrogens is 2. The van der Waals surface area contributed by atoms with Crippen LogP contribution in [-0.4, -0.2) is 51.0 Å². The summed E-state index contributed by atoms with van der Waals surface area (Å²) in [6.45, 7) is 4.36. The van der Waals surface area contributed by atoms with Crippen molar-refractivity contribution < 1.29 is 28.9 Å². The molecule has 0 radical (unpaired) electrons. The molecule has 0 aliphatic carbocycles. The lowest BCUT2D eigenvalue weighted by atomic mass is 9.96. The van der Waals surface area contributed by atoms with Gasteiger partial charge in [0, 0.05) is 19.0 Å². The molecular weight excluding hydrogens is 346 g/mol. The predicted molar refractivity (Wildman–Crippen MR) is 88.9 cm³/mol. The van der Waals surface area contributed by atoms with Gasteiger partial charge in [-0.1, -0.05) is 13.8 Å². The number of aliphatic hydroxyl groups is 1. The number of nitrogens with zero attached hydrogens (tertiary/aromatic N) is 2. The van der Waals surface area contributed by atoms with Crippen LogP contribution in [0, 0.1) is 0 Å². The first-order valence-electron chi connectivity index (χ1n) is 8.28. The Hall–Kier alpha value is -2.46. The van der Waals surface area contributed by atoms with Crippen molar-refractivity contribution in [3.05, 3.63) is 22.7 Å². The molecule has 1 saturated heterocycles. The van der Waals surface area contributed by atoms with Gasteiger partial charge in [-0.15, -0.1) is 0 Å². The molecule has 3 N–H and O–H groups in total. The molecule has 2 rings (SSSR count). The van der Waals surface area contributed by atoms with Crippen LogP contribution in [0.3, 0.4) is 0 Å². The SMILES string of the molecule is CCC(=O)OC[C@H]1O[C@H](n2ccc(N)nc2=O)[C@](C)(O)[C@@H]1OC(=O)CC. The molecule has 0 bridgehead atoms. The Morgan fingerprint density at radius 2 is 2.04 bits per heavy atom. The van der Waals surface area contributed by atoms with Crippen molar-refractivity contribution in [2.45, 2.75) is 57.6 Å². The number of ether oxygens (including phenoxy) is 3. The van der Waals surface area contributed by atoms with Gasteiger partial charge < -0.3 is 25.1 Å². The third-order valence-electron chi connectivity index (χ3n) is 4.07. The zero-order chi connectivity index (χ0) is 19.5. The molecule has 0 unspecified atom stereocenters. The van der Waals surface area contributed by atoms with Crippen LogP contribution in [0.15, 0.2) is 17.1 Å². The second-order valence-electron chi connectivity index (χ2n) is 6.10. The minimum absolute atomic E-state index is 0.0197. The van der Waals surface area contributed by atoms with Crippen LogP contribution in [0.2, 0.25) is 0 Å². The summed E-state index contributed by atoms with van der Waals surface area (Å²) in [5, 5.41) is 10.9. The maximum atomic E-state index is 12.1. The van der Waals surface area contributed by atoms with Crippen molar-refractivity contribution in [2.24, 2.45) is 0 Å². The van der Waals surface area contributed by atoms with Crippen molar-refractivity contribution in [3.8, 4) is 0 Å². The summed E-state index contributed by atoms with van der Waals surface area (Å²) in [5.41, 5.74) is 2.97.